The second-order valence-electron chi connectivity index (χ2n) is 12.9. The van der Waals surface area contributed by atoms with Crippen LogP contribution >= 0.6 is 0 Å². The maximum absolute atomic E-state index is 14.3. The van der Waals surface area contributed by atoms with Crippen molar-refractivity contribution in [1.82, 2.24) is 15.0 Å². The lowest BCUT2D eigenvalue weighted by Crippen LogP contribution is -2.45. The van der Waals surface area contributed by atoms with E-state index in [1.54, 1.807) is 45.9 Å². The summed E-state index contributed by atoms with van der Waals surface area (Å²) in [4.78, 5) is 43.4. The molecule has 3 aromatic carbocycles. The number of anilines is 3. The Morgan fingerprint density at radius 3 is 2.50 bits per heavy atom. The van der Waals surface area contributed by atoms with Crippen LogP contribution in [-0.4, -0.2) is 64.8 Å². The molecule has 1 spiro atoms. The fourth-order valence-corrected chi connectivity index (χ4v) is 10.2. The SMILES string of the molecule is C[C@@H]1[C@@H]([Si](C)(C)O)[C@H](CCn2cc(CCO)nn2)O[C@@]12C(=O)N(C)c1ccc(N3C(=O)c4ccccc4Oc4ccccc43)cc12. The van der Waals surface area contributed by atoms with Crippen molar-refractivity contribution in [2.75, 3.05) is 23.5 Å². The molecule has 0 unspecified atom stereocenters. The largest absolute Gasteiger partial charge is 0.454 e. The summed E-state index contributed by atoms with van der Waals surface area (Å²) in [5, 5.41) is 17.6. The number of nitrogens with zero attached hydrogens (tertiary/aromatic N) is 5. The molecule has 0 aliphatic carbocycles. The predicted octanol–water partition coefficient (Wildman–Crippen LogP) is 4.76. The van der Waals surface area contributed by atoms with E-state index >= 15 is 0 Å². The average molecular weight is 640 g/mol. The number of para-hydroxylation sites is 3. The number of aliphatic hydroxyl groups excluding tert-OH is 1. The summed E-state index contributed by atoms with van der Waals surface area (Å²) < 4.78 is 14.8. The third kappa shape index (κ3) is 4.66. The zero-order valence-corrected chi connectivity index (χ0v) is 27.3. The lowest BCUT2D eigenvalue weighted by molar-refractivity contribution is -0.145. The van der Waals surface area contributed by atoms with E-state index in [0.29, 0.717) is 64.8 Å². The maximum Gasteiger partial charge on any atom is 0.266 e. The molecule has 12 heteroatoms. The van der Waals surface area contributed by atoms with Gasteiger partial charge in [-0.1, -0.05) is 36.4 Å². The van der Waals surface area contributed by atoms with Crippen LogP contribution < -0.4 is 14.5 Å². The summed E-state index contributed by atoms with van der Waals surface area (Å²) in [7, 11) is -1.13. The van der Waals surface area contributed by atoms with Crippen LogP contribution in [0.5, 0.6) is 11.5 Å². The minimum absolute atomic E-state index is 0.0119. The van der Waals surface area contributed by atoms with Crippen molar-refractivity contribution in [3.8, 4) is 11.5 Å². The summed E-state index contributed by atoms with van der Waals surface area (Å²) >= 11 is 0. The molecule has 1 fully saturated rings. The molecule has 0 radical (unpaired) electrons. The van der Waals surface area contributed by atoms with E-state index in [9.17, 15) is 19.5 Å². The predicted molar refractivity (Wildman–Crippen MR) is 174 cm³/mol. The van der Waals surface area contributed by atoms with E-state index in [0.717, 1.165) is 0 Å². The smallest absolute Gasteiger partial charge is 0.266 e. The van der Waals surface area contributed by atoms with Crippen molar-refractivity contribution in [2.45, 2.75) is 56.7 Å². The fourth-order valence-electron chi connectivity index (χ4n) is 7.58. The van der Waals surface area contributed by atoms with Crippen molar-refractivity contribution in [3.05, 3.63) is 89.7 Å². The van der Waals surface area contributed by atoms with Crippen molar-refractivity contribution >= 4 is 37.2 Å². The molecular weight excluding hydrogens is 602 g/mol. The van der Waals surface area contributed by atoms with Crippen molar-refractivity contribution in [3.63, 3.8) is 0 Å². The zero-order chi connectivity index (χ0) is 32.4. The Kier molecular flexibility index (Phi) is 7.35. The number of likely N-dealkylation sites (N-methyl/N-ethyl adjacent to an activating group) is 1. The molecule has 4 atom stereocenters. The maximum atomic E-state index is 14.3. The molecule has 238 valence electrons. The minimum atomic E-state index is -2.87. The number of ether oxygens (including phenoxy) is 2. The molecule has 2 amide bonds. The number of aromatic nitrogens is 3. The van der Waals surface area contributed by atoms with Gasteiger partial charge >= 0.3 is 0 Å². The molecule has 3 aliphatic heterocycles. The molecule has 0 saturated carbocycles. The van der Waals surface area contributed by atoms with Crippen LogP contribution in [0.1, 0.15) is 35.0 Å². The summed E-state index contributed by atoms with van der Waals surface area (Å²) in [6, 6.07) is 20.2. The highest BCUT2D eigenvalue weighted by atomic mass is 28.4. The van der Waals surface area contributed by atoms with Crippen molar-refractivity contribution < 1.29 is 29.0 Å². The van der Waals surface area contributed by atoms with Gasteiger partial charge in [0.2, 0.25) is 0 Å². The molecule has 46 heavy (non-hydrogen) atoms. The number of carbonyl (C=O) groups is 2. The highest BCUT2D eigenvalue weighted by Crippen LogP contribution is 2.60. The van der Waals surface area contributed by atoms with E-state index in [-0.39, 0.29) is 29.9 Å². The quantitative estimate of drug-likeness (QED) is 0.277. The molecule has 4 aromatic rings. The van der Waals surface area contributed by atoms with Gasteiger partial charge in [-0.2, -0.15) is 0 Å². The average Bonchev–Trinajstić information content (AvgIpc) is 3.64. The van der Waals surface area contributed by atoms with Crippen LogP contribution in [0, 0.1) is 5.92 Å². The number of fused-ring (bicyclic) bond motifs is 4. The van der Waals surface area contributed by atoms with Gasteiger partial charge in [0.1, 0.15) is 5.75 Å². The molecule has 4 heterocycles. The van der Waals surface area contributed by atoms with Crippen LogP contribution in [0.4, 0.5) is 17.1 Å². The Morgan fingerprint density at radius 2 is 1.74 bits per heavy atom. The number of benzene rings is 3. The third-order valence-corrected chi connectivity index (χ3v) is 12.1. The Labute approximate surface area is 268 Å². The number of aryl methyl sites for hydroxylation is 1. The van der Waals surface area contributed by atoms with Gasteiger partial charge in [0.05, 0.1) is 28.7 Å². The number of hydrogen-bond acceptors (Lipinski definition) is 8. The monoisotopic (exact) mass is 639 g/mol. The van der Waals surface area contributed by atoms with Gasteiger partial charge in [-0.25, -0.2) is 0 Å². The zero-order valence-electron chi connectivity index (χ0n) is 26.3. The van der Waals surface area contributed by atoms with Gasteiger partial charge in [0, 0.05) is 55.5 Å². The Bertz CT molecular complexity index is 1840. The lowest BCUT2D eigenvalue weighted by atomic mass is 9.82. The molecule has 3 aliphatic rings. The normalized spacial score (nSPS) is 23.7. The van der Waals surface area contributed by atoms with Crippen molar-refractivity contribution in [2.24, 2.45) is 5.92 Å². The topological polar surface area (TPSA) is 130 Å². The standard InChI is InChI=1S/C34H37N5O6Si/c1-21-31(46(3,4)43)30(15-17-38-20-22(16-18-40)35-36-38)45-34(21)25-19-23(13-14-26(25)37(2)33(34)42)39-27-10-6-8-12-29(27)44-28-11-7-5-9-24(28)32(39)41/h5-14,19-21,30-31,40,43H,15-18H2,1-4H3/t21-,30+,31-,34+/m1/s1. The first-order chi connectivity index (χ1) is 22.0. The van der Waals surface area contributed by atoms with E-state index in [2.05, 4.69) is 10.3 Å². The first-order valence-electron chi connectivity index (χ1n) is 15.6. The van der Waals surface area contributed by atoms with Gasteiger partial charge in [-0.3, -0.25) is 19.2 Å². The first kappa shape index (κ1) is 30.3. The summed E-state index contributed by atoms with van der Waals surface area (Å²) in [5.41, 5.74) is 2.05. The van der Waals surface area contributed by atoms with Gasteiger partial charge in [0.25, 0.3) is 11.8 Å². The molecule has 2 N–H and O–H groups in total. The molecule has 11 nitrogen and oxygen atoms in total. The van der Waals surface area contributed by atoms with Crippen LogP contribution in [-0.2, 0) is 28.1 Å². The molecule has 0 bridgehead atoms. The van der Waals surface area contributed by atoms with Crippen LogP contribution in [0.25, 0.3) is 0 Å². The summed E-state index contributed by atoms with van der Waals surface area (Å²) in [5.74, 6) is 0.214. The Hall–Kier alpha value is -4.36. The van der Waals surface area contributed by atoms with E-state index < -0.39 is 20.0 Å². The molecule has 7 rings (SSSR count). The number of hydrogen-bond donors (Lipinski definition) is 2. The van der Waals surface area contributed by atoms with Crippen LogP contribution in [0.15, 0.2) is 72.9 Å². The van der Waals surface area contributed by atoms with E-state index in [4.69, 9.17) is 9.47 Å². The van der Waals surface area contributed by atoms with Crippen LogP contribution in [0.3, 0.4) is 0 Å². The highest BCUT2D eigenvalue weighted by molar-refractivity contribution is 6.71. The number of amides is 2. The van der Waals surface area contributed by atoms with Crippen LogP contribution in [0.2, 0.25) is 18.6 Å². The molecule has 1 aromatic heterocycles. The summed E-state index contributed by atoms with van der Waals surface area (Å²) in [6.45, 7) is 6.24. The second kappa shape index (κ2) is 11.2. The van der Waals surface area contributed by atoms with E-state index in [1.165, 1.54) is 0 Å². The third-order valence-electron chi connectivity index (χ3n) is 9.60. The Balaban J connectivity index is 1.31. The lowest BCUT2D eigenvalue weighted by Gasteiger charge is -2.32. The number of rotatable bonds is 7. The first-order valence-corrected chi connectivity index (χ1v) is 18.6. The second-order valence-corrected chi connectivity index (χ2v) is 16.8. The molecule has 1 saturated heterocycles. The minimum Gasteiger partial charge on any atom is -0.454 e. The van der Waals surface area contributed by atoms with Gasteiger partial charge < -0.3 is 24.3 Å². The van der Waals surface area contributed by atoms with Gasteiger partial charge in [0.15, 0.2) is 19.7 Å². The van der Waals surface area contributed by atoms with Gasteiger partial charge in [-0.15, -0.1) is 5.10 Å². The molecular formula is C34H37N5O6Si. The Morgan fingerprint density at radius 1 is 1.00 bits per heavy atom. The fraction of sp³-hybridized carbons (Fsp3) is 0.353. The number of carbonyl (C=O) groups excluding carboxylic acids is 2. The number of aliphatic hydroxyl groups is 1. The van der Waals surface area contributed by atoms with Gasteiger partial charge in [-0.05, 0) is 62.0 Å². The van der Waals surface area contributed by atoms with E-state index in [1.807, 2.05) is 68.5 Å². The van der Waals surface area contributed by atoms with Crippen molar-refractivity contribution in [1.29, 1.82) is 0 Å². The summed E-state index contributed by atoms with van der Waals surface area (Å²) in [6.07, 6.45) is 2.30. The highest BCUT2D eigenvalue weighted by Gasteiger charge is 2.65.